The lowest BCUT2D eigenvalue weighted by atomic mass is 10.0. The quantitative estimate of drug-likeness (QED) is 0.846. The highest BCUT2D eigenvalue weighted by molar-refractivity contribution is 5.85. The highest BCUT2D eigenvalue weighted by atomic mass is 35.5. The minimum absolute atomic E-state index is 0. The van der Waals surface area contributed by atoms with E-state index < -0.39 is 5.82 Å². The molecule has 0 saturated carbocycles. The van der Waals surface area contributed by atoms with Crippen LogP contribution in [0.4, 0.5) is 4.39 Å². The maximum absolute atomic E-state index is 13.4. The molecule has 4 nitrogen and oxygen atoms in total. The number of hydrogen-bond acceptors (Lipinski definition) is 3. The van der Waals surface area contributed by atoms with Crippen molar-refractivity contribution in [2.45, 2.75) is 32.9 Å². The van der Waals surface area contributed by atoms with Crippen molar-refractivity contribution >= 4 is 18.3 Å². The Hall–Kier alpha value is -1.33. The Morgan fingerprint density at radius 3 is 2.50 bits per heavy atom. The molecule has 0 heterocycles. The molecule has 0 aliphatic carbocycles. The molecule has 1 rings (SSSR count). The smallest absolute Gasteiger partial charge is 0.224 e. The van der Waals surface area contributed by atoms with Crippen LogP contribution in [0.5, 0.6) is 5.75 Å². The topological polar surface area (TPSA) is 64.4 Å². The Labute approximate surface area is 125 Å². The van der Waals surface area contributed by atoms with Crippen LogP contribution in [0.1, 0.15) is 20.8 Å². The molecule has 114 valence electrons. The second-order valence-corrected chi connectivity index (χ2v) is 4.75. The molecule has 3 N–H and O–H groups in total. The number of benzene rings is 1. The normalized spacial score (nSPS) is 14.7. The van der Waals surface area contributed by atoms with Gasteiger partial charge < -0.3 is 15.8 Å². The Bertz CT molecular complexity index is 429. The van der Waals surface area contributed by atoms with Crippen molar-refractivity contribution in [3.8, 4) is 5.75 Å². The number of carbonyl (C=O) groups excluding carboxylic acids is 1. The van der Waals surface area contributed by atoms with Gasteiger partial charge in [-0.2, -0.15) is 0 Å². The molecule has 0 aromatic heterocycles. The van der Waals surface area contributed by atoms with Crippen molar-refractivity contribution < 1.29 is 13.9 Å². The number of nitrogens with two attached hydrogens (primary N) is 1. The monoisotopic (exact) mass is 304 g/mol. The third-order valence-electron chi connectivity index (χ3n) is 2.93. The summed E-state index contributed by atoms with van der Waals surface area (Å²) < 4.78 is 18.8. The molecule has 1 aromatic carbocycles. The lowest BCUT2D eigenvalue weighted by Crippen LogP contribution is -2.42. The van der Waals surface area contributed by atoms with Gasteiger partial charge in [-0.3, -0.25) is 4.79 Å². The SMILES string of the molecule is CC(CNC(=O)C(C)C(C)N)Oc1ccccc1F.Cl. The second-order valence-electron chi connectivity index (χ2n) is 4.75. The van der Waals surface area contributed by atoms with Crippen LogP contribution in [0, 0.1) is 11.7 Å². The van der Waals surface area contributed by atoms with Gasteiger partial charge in [0.15, 0.2) is 11.6 Å². The average molecular weight is 305 g/mol. The fourth-order valence-electron chi connectivity index (χ4n) is 1.44. The second kappa shape index (κ2) is 8.76. The number of amides is 1. The zero-order valence-electron chi connectivity index (χ0n) is 11.9. The van der Waals surface area contributed by atoms with Crippen LogP contribution in [0.25, 0.3) is 0 Å². The van der Waals surface area contributed by atoms with E-state index >= 15 is 0 Å². The molecule has 0 aliphatic heterocycles. The number of halogens is 2. The van der Waals surface area contributed by atoms with Gasteiger partial charge >= 0.3 is 0 Å². The fourth-order valence-corrected chi connectivity index (χ4v) is 1.44. The van der Waals surface area contributed by atoms with E-state index in [1.807, 2.05) is 0 Å². The van der Waals surface area contributed by atoms with Crippen LogP contribution >= 0.6 is 12.4 Å². The largest absolute Gasteiger partial charge is 0.486 e. The van der Waals surface area contributed by atoms with Gasteiger partial charge in [-0.15, -0.1) is 12.4 Å². The van der Waals surface area contributed by atoms with E-state index in [0.29, 0.717) is 6.54 Å². The molecule has 0 aliphatic rings. The Balaban J connectivity index is 0.00000361. The molecule has 0 radical (unpaired) electrons. The average Bonchev–Trinajstić information content (AvgIpc) is 2.37. The fraction of sp³-hybridized carbons (Fsp3) is 0.500. The lowest BCUT2D eigenvalue weighted by molar-refractivity contribution is -0.125. The van der Waals surface area contributed by atoms with Gasteiger partial charge in [0.25, 0.3) is 0 Å². The van der Waals surface area contributed by atoms with Crippen molar-refractivity contribution in [2.24, 2.45) is 11.7 Å². The highest BCUT2D eigenvalue weighted by Gasteiger charge is 2.17. The van der Waals surface area contributed by atoms with Gasteiger partial charge in [0.05, 0.1) is 6.54 Å². The zero-order valence-corrected chi connectivity index (χ0v) is 12.7. The summed E-state index contributed by atoms with van der Waals surface area (Å²) in [4.78, 5) is 11.7. The van der Waals surface area contributed by atoms with Crippen molar-refractivity contribution in [2.75, 3.05) is 6.54 Å². The van der Waals surface area contributed by atoms with Crippen LogP contribution in [-0.4, -0.2) is 24.6 Å². The maximum Gasteiger partial charge on any atom is 0.224 e. The Kier molecular flexibility index (Phi) is 8.18. The van der Waals surface area contributed by atoms with E-state index in [1.54, 1.807) is 39.0 Å². The first-order valence-electron chi connectivity index (χ1n) is 6.36. The van der Waals surface area contributed by atoms with Crippen molar-refractivity contribution in [3.63, 3.8) is 0 Å². The molecule has 0 spiro atoms. The van der Waals surface area contributed by atoms with Gasteiger partial charge in [-0.25, -0.2) is 4.39 Å². The van der Waals surface area contributed by atoms with Crippen molar-refractivity contribution in [1.82, 2.24) is 5.32 Å². The molecule has 1 aromatic rings. The van der Waals surface area contributed by atoms with Crippen LogP contribution < -0.4 is 15.8 Å². The molecule has 0 bridgehead atoms. The molecule has 0 fully saturated rings. The summed E-state index contributed by atoms with van der Waals surface area (Å²) in [7, 11) is 0. The number of nitrogens with one attached hydrogen (secondary N) is 1. The Morgan fingerprint density at radius 2 is 1.95 bits per heavy atom. The highest BCUT2D eigenvalue weighted by Crippen LogP contribution is 2.16. The summed E-state index contributed by atoms with van der Waals surface area (Å²) >= 11 is 0. The van der Waals surface area contributed by atoms with Crippen molar-refractivity contribution in [3.05, 3.63) is 30.1 Å². The Morgan fingerprint density at radius 1 is 1.35 bits per heavy atom. The molecule has 1 amide bonds. The molecular weight excluding hydrogens is 283 g/mol. The number of rotatable bonds is 6. The summed E-state index contributed by atoms with van der Waals surface area (Å²) in [5.41, 5.74) is 5.64. The first-order chi connectivity index (χ1) is 8.91. The van der Waals surface area contributed by atoms with E-state index in [9.17, 15) is 9.18 Å². The summed E-state index contributed by atoms with van der Waals surface area (Å²) in [5, 5.41) is 2.74. The third-order valence-corrected chi connectivity index (χ3v) is 2.93. The lowest BCUT2D eigenvalue weighted by Gasteiger charge is -2.19. The third kappa shape index (κ3) is 5.75. The van der Waals surface area contributed by atoms with E-state index in [2.05, 4.69) is 5.32 Å². The van der Waals surface area contributed by atoms with Gasteiger partial charge in [0.1, 0.15) is 6.10 Å². The van der Waals surface area contributed by atoms with E-state index in [-0.39, 0.29) is 42.1 Å². The molecule has 0 saturated heterocycles. The summed E-state index contributed by atoms with van der Waals surface area (Å²) in [6, 6.07) is 5.97. The molecule has 20 heavy (non-hydrogen) atoms. The molecule has 3 atom stereocenters. The first-order valence-corrected chi connectivity index (χ1v) is 6.36. The van der Waals surface area contributed by atoms with Crippen LogP contribution in [0.15, 0.2) is 24.3 Å². The van der Waals surface area contributed by atoms with E-state index in [4.69, 9.17) is 10.5 Å². The van der Waals surface area contributed by atoms with E-state index in [1.165, 1.54) is 6.07 Å². The summed E-state index contributed by atoms with van der Waals surface area (Å²) in [5.74, 6) is -0.617. The molecule has 6 heteroatoms. The van der Waals surface area contributed by atoms with Crippen molar-refractivity contribution in [1.29, 1.82) is 0 Å². The number of hydrogen-bond donors (Lipinski definition) is 2. The van der Waals surface area contributed by atoms with Gasteiger partial charge in [0, 0.05) is 12.0 Å². The van der Waals surface area contributed by atoms with Crippen LogP contribution in [0.2, 0.25) is 0 Å². The predicted octanol–water partition coefficient (Wildman–Crippen LogP) is 2.11. The first kappa shape index (κ1) is 18.7. The minimum Gasteiger partial charge on any atom is -0.486 e. The van der Waals surface area contributed by atoms with Crippen LogP contribution in [-0.2, 0) is 4.79 Å². The number of ether oxygens (including phenoxy) is 1. The van der Waals surface area contributed by atoms with Gasteiger partial charge in [-0.1, -0.05) is 19.1 Å². The zero-order chi connectivity index (χ0) is 14.4. The summed E-state index contributed by atoms with van der Waals surface area (Å²) in [6.07, 6.45) is -0.318. The maximum atomic E-state index is 13.4. The number of carbonyl (C=O) groups is 1. The van der Waals surface area contributed by atoms with Gasteiger partial charge in [-0.05, 0) is 26.0 Å². The van der Waals surface area contributed by atoms with Crippen LogP contribution in [0.3, 0.4) is 0 Å². The molecule has 3 unspecified atom stereocenters. The minimum atomic E-state index is -0.412. The van der Waals surface area contributed by atoms with E-state index in [0.717, 1.165) is 0 Å². The summed E-state index contributed by atoms with van der Waals surface area (Å²) in [6.45, 7) is 5.62. The molecular formula is C14H22ClFN2O2. The predicted molar refractivity (Wildman–Crippen MR) is 79.6 cm³/mol. The number of para-hydroxylation sites is 1. The standard InChI is InChI=1S/C14H21FN2O2.ClH/c1-9(8-17-14(18)10(2)11(3)16)19-13-7-5-4-6-12(13)15;/h4-7,9-11H,8,16H2,1-3H3,(H,17,18);1H. The van der Waals surface area contributed by atoms with Gasteiger partial charge in [0.2, 0.25) is 5.91 Å².